The maximum Gasteiger partial charge on any atom is 0.343 e. The Morgan fingerprint density at radius 3 is 2.75 bits per heavy atom. The Hall–Kier alpha value is -3.56. The Labute approximate surface area is 160 Å². The molecule has 28 heavy (non-hydrogen) atoms. The standard InChI is InChI=1S/C18H20N4O6/c1-4-26-18(25)12-8-19-22(3)15(12)21-17(24)16(23)20-10(2)11-5-6-13-14(7-11)28-9-27-13/h5-8,10H,4,9H2,1-3H3,(H,20,23)(H,21,24)/t10-/m1/s1. The molecule has 0 unspecified atom stereocenters. The van der Waals surface area contributed by atoms with Gasteiger partial charge < -0.3 is 24.8 Å². The number of fused-ring (bicyclic) bond motifs is 1. The number of hydrogen-bond acceptors (Lipinski definition) is 7. The van der Waals surface area contributed by atoms with Crippen molar-refractivity contribution in [3.63, 3.8) is 0 Å². The van der Waals surface area contributed by atoms with E-state index in [4.69, 9.17) is 14.2 Å². The van der Waals surface area contributed by atoms with E-state index in [1.807, 2.05) is 0 Å². The highest BCUT2D eigenvalue weighted by Crippen LogP contribution is 2.34. The third-order valence-electron chi connectivity index (χ3n) is 4.12. The highest BCUT2D eigenvalue weighted by molar-refractivity contribution is 6.39. The van der Waals surface area contributed by atoms with Crippen molar-refractivity contribution >= 4 is 23.6 Å². The molecule has 1 aromatic carbocycles. The van der Waals surface area contributed by atoms with Crippen molar-refractivity contribution in [2.75, 3.05) is 18.7 Å². The van der Waals surface area contributed by atoms with Gasteiger partial charge in [-0.1, -0.05) is 6.07 Å². The minimum absolute atomic E-state index is 0.0642. The van der Waals surface area contributed by atoms with Crippen LogP contribution in [0.1, 0.15) is 35.8 Å². The first-order valence-electron chi connectivity index (χ1n) is 8.61. The molecule has 148 valence electrons. The van der Waals surface area contributed by atoms with E-state index in [0.29, 0.717) is 11.5 Å². The number of rotatable bonds is 5. The van der Waals surface area contributed by atoms with Gasteiger partial charge in [0.15, 0.2) is 11.5 Å². The molecule has 1 aliphatic heterocycles. The fourth-order valence-electron chi connectivity index (χ4n) is 2.64. The fourth-order valence-corrected chi connectivity index (χ4v) is 2.64. The zero-order valence-corrected chi connectivity index (χ0v) is 15.6. The number of hydrogen-bond donors (Lipinski definition) is 2. The van der Waals surface area contributed by atoms with E-state index in [1.165, 1.54) is 17.9 Å². The minimum Gasteiger partial charge on any atom is -0.462 e. The fraction of sp³-hybridized carbons (Fsp3) is 0.333. The zero-order valence-electron chi connectivity index (χ0n) is 15.6. The lowest BCUT2D eigenvalue weighted by atomic mass is 10.1. The molecule has 1 aliphatic rings. The second kappa shape index (κ2) is 7.99. The monoisotopic (exact) mass is 388 g/mol. The summed E-state index contributed by atoms with van der Waals surface area (Å²) in [7, 11) is 1.53. The number of benzene rings is 1. The molecule has 0 radical (unpaired) electrons. The predicted molar refractivity (Wildman–Crippen MR) is 96.9 cm³/mol. The lowest BCUT2D eigenvalue weighted by Gasteiger charge is -2.15. The zero-order chi connectivity index (χ0) is 20.3. The van der Waals surface area contributed by atoms with Gasteiger partial charge in [0, 0.05) is 7.05 Å². The van der Waals surface area contributed by atoms with Gasteiger partial charge in [-0.15, -0.1) is 0 Å². The van der Waals surface area contributed by atoms with Crippen molar-refractivity contribution in [2.24, 2.45) is 7.05 Å². The number of amides is 2. The largest absolute Gasteiger partial charge is 0.462 e. The van der Waals surface area contributed by atoms with Crippen LogP contribution in [0.2, 0.25) is 0 Å². The van der Waals surface area contributed by atoms with E-state index in [1.54, 1.807) is 32.0 Å². The Balaban J connectivity index is 1.66. The summed E-state index contributed by atoms with van der Waals surface area (Å²) in [6.45, 7) is 3.72. The van der Waals surface area contributed by atoms with Gasteiger partial charge in [-0.25, -0.2) is 4.79 Å². The summed E-state index contributed by atoms with van der Waals surface area (Å²) >= 11 is 0. The molecule has 0 saturated heterocycles. The van der Waals surface area contributed by atoms with Crippen molar-refractivity contribution in [2.45, 2.75) is 19.9 Å². The molecule has 0 fully saturated rings. The first-order chi connectivity index (χ1) is 13.4. The summed E-state index contributed by atoms with van der Waals surface area (Å²) in [6, 6.07) is 4.80. The number of aromatic nitrogens is 2. The van der Waals surface area contributed by atoms with E-state index < -0.39 is 23.8 Å². The summed E-state index contributed by atoms with van der Waals surface area (Å²) in [5.41, 5.74) is 0.812. The third-order valence-corrected chi connectivity index (χ3v) is 4.12. The van der Waals surface area contributed by atoms with Crippen LogP contribution in [0.3, 0.4) is 0 Å². The van der Waals surface area contributed by atoms with Crippen LogP contribution >= 0.6 is 0 Å². The Morgan fingerprint density at radius 1 is 1.25 bits per heavy atom. The van der Waals surface area contributed by atoms with Crippen molar-refractivity contribution in [1.29, 1.82) is 0 Å². The number of esters is 1. The molecule has 2 amide bonds. The lowest BCUT2D eigenvalue weighted by Crippen LogP contribution is -2.37. The maximum absolute atomic E-state index is 12.3. The Bertz CT molecular complexity index is 923. The molecule has 2 aromatic rings. The molecule has 1 aromatic heterocycles. The Morgan fingerprint density at radius 2 is 2.00 bits per heavy atom. The van der Waals surface area contributed by atoms with Gasteiger partial charge in [-0.3, -0.25) is 14.3 Å². The van der Waals surface area contributed by atoms with Crippen LogP contribution in [0.25, 0.3) is 0 Å². The summed E-state index contributed by atoms with van der Waals surface area (Å²) in [4.78, 5) is 36.5. The molecule has 2 heterocycles. The molecule has 3 rings (SSSR count). The predicted octanol–water partition coefficient (Wildman–Crippen LogP) is 1.14. The number of ether oxygens (including phenoxy) is 3. The van der Waals surface area contributed by atoms with E-state index >= 15 is 0 Å². The lowest BCUT2D eigenvalue weighted by molar-refractivity contribution is -0.136. The molecule has 1 atom stereocenters. The van der Waals surface area contributed by atoms with Gasteiger partial charge in [0.1, 0.15) is 11.4 Å². The number of anilines is 1. The molecular formula is C18H20N4O6. The van der Waals surface area contributed by atoms with E-state index in [0.717, 1.165) is 5.56 Å². The molecule has 0 aliphatic carbocycles. The highest BCUT2D eigenvalue weighted by Gasteiger charge is 2.24. The molecule has 0 bridgehead atoms. The number of carbonyl (C=O) groups excluding carboxylic acids is 3. The summed E-state index contributed by atoms with van der Waals surface area (Å²) in [6.07, 6.45) is 1.26. The van der Waals surface area contributed by atoms with Gasteiger partial charge in [0.05, 0.1) is 18.8 Å². The van der Waals surface area contributed by atoms with Crippen LogP contribution in [0.5, 0.6) is 11.5 Å². The van der Waals surface area contributed by atoms with Crippen LogP contribution in [0, 0.1) is 0 Å². The molecule has 10 heteroatoms. The van der Waals surface area contributed by atoms with Gasteiger partial charge in [-0.05, 0) is 31.5 Å². The van der Waals surface area contributed by atoms with Crippen molar-refractivity contribution in [1.82, 2.24) is 15.1 Å². The number of aryl methyl sites for hydroxylation is 1. The first-order valence-corrected chi connectivity index (χ1v) is 8.61. The summed E-state index contributed by atoms with van der Waals surface area (Å²) in [5, 5.41) is 8.92. The summed E-state index contributed by atoms with van der Waals surface area (Å²) < 4.78 is 16.8. The first kappa shape index (κ1) is 19.2. The second-order valence-corrected chi connectivity index (χ2v) is 6.01. The Kier molecular flexibility index (Phi) is 5.48. The number of nitrogens with one attached hydrogen (secondary N) is 2. The van der Waals surface area contributed by atoms with Crippen LogP contribution in [-0.4, -0.2) is 41.0 Å². The van der Waals surface area contributed by atoms with Gasteiger partial charge >= 0.3 is 17.8 Å². The van der Waals surface area contributed by atoms with Crippen LogP contribution in [0.15, 0.2) is 24.4 Å². The molecule has 0 saturated carbocycles. The number of carbonyl (C=O) groups is 3. The van der Waals surface area contributed by atoms with Gasteiger partial charge in [0.25, 0.3) is 0 Å². The third kappa shape index (κ3) is 3.90. The quantitative estimate of drug-likeness (QED) is 0.582. The molecular weight excluding hydrogens is 368 g/mol. The molecule has 10 nitrogen and oxygen atoms in total. The van der Waals surface area contributed by atoms with Crippen LogP contribution in [0.4, 0.5) is 5.82 Å². The smallest absolute Gasteiger partial charge is 0.343 e. The average molecular weight is 388 g/mol. The molecule has 2 N–H and O–H groups in total. The van der Waals surface area contributed by atoms with E-state index in [9.17, 15) is 14.4 Å². The topological polar surface area (TPSA) is 121 Å². The summed E-state index contributed by atoms with van der Waals surface area (Å²) in [5.74, 6) is -1.14. The van der Waals surface area contributed by atoms with Crippen molar-refractivity contribution in [3.8, 4) is 11.5 Å². The number of nitrogens with zero attached hydrogens (tertiary/aromatic N) is 2. The van der Waals surface area contributed by atoms with Gasteiger partial charge in [-0.2, -0.15) is 5.10 Å². The maximum atomic E-state index is 12.3. The highest BCUT2D eigenvalue weighted by atomic mass is 16.7. The van der Waals surface area contributed by atoms with Crippen molar-refractivity contribution < 1.29 is 28.6 Å². The van der Waals surface area contributed by atoms with Gasteiger partial charge in [0.2, 0.25) is 6.79 Å². The van der Waals surface area contributed by atoms with Crippen LogP contribution < -0.4 is 20.1 Å². The molecule has 0 spiro atoms. The van der Waals surface area contributed by atoms with E-state index in [2.05, 4.69) is 15.7 Å². The van der Waals surface area contributed by atoms with Crippen molar-refractivity contribution in [3.05, 3.63) is 35.5 Å². The normalized spacial score (nSPS) is 13.0. The SMILES string of the molecule is CCOC(=O)c1cnn(C)c1NC(=O)C(=O)N[C@H](C)c1ccc2c(c1)OCO2. The van der Waals surface area contributed by atoms with E-state index in [-0.39, 0.29) is 24.8 Å². The second-order valence-electron chi connectivity index (χ2n) is 6.01. The average Bonchev–Trinajstić information content (AvgIpc) is 3.28. The van der Waals surface area contributed by atoms with Crippen LogP contribution in [-0.2, 0) is 21.4 Å². The minimum atomic E-state index is -0.929.